The Morgan fingerprint density at radius 2 is 1.61 bits per heavy atom. The molecule has 0 bridgehead atoms. The molecule has 2 amide bonds. The zero-order chi connectivity index (χ0) is 23.4. The maximum atomic E-state index is 12.6. The monoisotopic (exact) mass is 446 g/mol. The van der Waals surface area contributed by atoms with Crippen LogP contribution < -0.4 is 10.6 Å². The summed E-state index contributed by atoms with van der Waals surface area (Å²) in [6.07, 6.45) is 6.81. The number of benzene rings is 2. The van der Waals surface area contributed by atoms with E-state index in [-0.39, 0.29) is 18.9 Å². The molecular weight excluding hydrogens is 420 g/mol. The van der Waals surface area contributed by atoms with Gasteiger partial charge < -0.3 is 20.5 Å². The third-order valence-electron chi connectivity index (χ3n) is 6.15. The maximum Gasteiger partial charge on any atom is 0.407 e. The topological polar surface area (TPSA) is 105 Å². The van der Waals surface area contributed by atoms with Crippen molar-refractivity contribution in [3.8, 4) is 23.5 Å². The summed E-state index contributed by atoms with van der Waals surface area (Å²) in [4.78, 5) is 36.6. The van der Waals surface area contributed by atoms with Gasteiger partial charge in [0.25, 0.3) is 0 Å². The highest BCUT2D eigenvalue weighted by atomic mass is 16.5. The van der Waals surface area contributed by atoms with Crippen LogP contribution in [-0.4, -0.2) is 41.8 Å². The van der Waals surface area contributed by atoms with Gasteiger partial charge in [-0.3, -0.25) is 4.79 Å². The van der Waals surface area contributed by atoms with Crippen molar-refractivity contribution >= 4 is 18.0 Å². The minimum absolute atomic E-state index is 0.0776. The number of hydrogen-bond acceptors (Lipinski definition) is 4. The number of carboxylic acids is 1. The number of carboxylic acid groups (broad SMARTS) is 1. The van der Waals surface area contributed by atoms with E-state index in [1.807, 2.05) is 48.5 Å². The molecule has 1 unspecified atom stereocenters. The molecule has 170 valence electrons. The van der Waals surface area contributed by atoms with Crippen LogP contribution in [0, 0.1) is 18.3 Å². The molecule has 33 heavy (non-hydrogen) atoms. The average Bonchev–Trinajstić information content (AvgIpc) is 3.57. The van der Waals surface area contributed by atoms with E-state index >= 15 is 0 Å². The van der Waals surface area contributed by atoms with Gasteiger partial charge in [0.15, 0.2) is 0 Å². The predicted octanol–water partition coefficient (Wildman–Crippen LogP) is 3.29. The van der Waals surface area contributed by atoms with Gasteiger partial charge >= 0.3 is 12.1 Å². The molecule has 1 fully saturated rings. The van der Waals surface area contributed by atoms with E-state index in [1.54, 1.807) is 0 Å². The predicted molar refractivity (Wildman–Crippen MR) is 122 cm³/mol. The fourth-order valence-electron chi connectivity index (χ4n) is 4.29. The van der Waals surface area contributed by atoms with Crippen LogP contribution >= 0.6 is 0 Å². The fourth-order valence-corrected chi connectivity index (χ4v) is 4.29. The number of ether oxygens (including phenoxy) is 1. The summed E-state index contributed by atoms with van der Waals surface area (Å²) in [5.74, 6) is 0.823. The Hall–Kier alpha value is -3.79. The first-order valence-electron chi connectivity index (χ1n) is 11.1. The smallest absolute Gasteiger partial charge is 0.407 e. The van der Waals surface area contributed by atoms with Gasteiger partial charge in [-0.05, 0) is 34.6 Å². The lowest BCUT2D eigenvalue weighted by molar-refractivity contribution is -0.142. The molecule has 0 aromatic heterocycles. The summed E-state index contributed by atoms with van der Waals surface area (Å²) in [5.41, 5.74) is 4.38. The highest BCUT2D eigenvalue weighted by Crippen LogP contribution is 2.44. The molecule has 2 atom stereocenters. The van der Waals surface area contributed by atoms with Crippen LogP contribution in [0.4, 0.5) is 4.79 Å². The highest BCUT2D eigenvalue weighted by molar-refractivity contribution is 5.89. The first-order chi connectivity index (χ1) is 16.0. The number of amides is 2. The van der Waals surface area contributed by atoms with Gasteiger partial charge in [-0.15, -0.1) is 12.3 Å². The summed E-state index contributed by atoms with van der Waals surface area (Å²) >= 11 is 0. The third-order valence-corrected chi connectivity index (χ3v) is 6.15. The largest absolute Gasteiger partial charge is 0.480 e. The number of carbonyl (C=O) groups excluding carboxylic acids is 2. The van der Waals surface area contributed by atoms with Gasteiger partial charge in [-0.25, -0.2) is 9.59 Å². The minimum Gasteiger partial charge on any atom is -0.480 e. The Morgan fingerprint density at radius 1 is 1.00 bits per heavy atom. The Morgan fingerprint density at radius 3 is 2.15 bits per heavy atom. The second kappa shape index (κ2) is 9.78. The van der Waals surface area contributed by atoms with Gasteiger partial charge in [0.2, 0.25) is 5.91 Å². The van der Waals surface area contributed by atoms with E-state index in [4.69, 9.17) is 11.2 Å². The molecule has 1 saturated carbocycles. The van der Waals surface area contributed by atoms with E-state index < -0.39 is 30.1 Å². The van der Waals surface area contributed by atoms with Crippen LogP contribution in [0.25, 0.3) is 11.1 Å². The SMILES string of the molecule is C#CCC(NC(=O)OCC1c2ccccc2-c2ccccc21)C(=O)N[C@@H](CC1CC1)C(=O)O. The van der Waals surface area contributed by atoms with Gasteiger partial charge in [0.05, 0.1) is 0 Å². The van der Waals surface area contributed by atoms with Crippen molar-refractivity contribution in [3.63, 3.8) is 0 Å². The molecular formula is C26H26N2O5. The zero-order valence-corrected chi connectivity index (χ0v) is 18.1. The van der Waals surface area contributed by atoms with Crippen molar-refractivity contribution in [1.82, 2.24) is 10.6 Å². The standard InChI is InChI=1S/C26H26N2O5/c1-2-7-22(24(29)27-23(25(30)31)14-16-12-13-16)28-26(32)33-15-21-19-10-5-3-8-17(19)18-9-4-6-11-20(18)21/h1,3-6,8-11,16,21-23H,7,12-15H2,(H,27,29)(H,28,32)(H,30,31)/t22?,23-/m0/s1. The molecule has 2 aromatic rings. The molecule has 0 saturated heterocycles. The summed E-state index contributed by atoms with van der Waals surface area (Å²) in [6.45, 7) is 0.101. The Balaban J connectivity index is 1.38. The summed E-state index contributed by atoms with van der Waals surface area (Å²) in [5, 5.41) is 14.4. The van der Waals surface area contributed by atoms with Gasteiger partial charge in [0, 0.05) is 12.3 Å². The molecule has 0 aliphatic heterocycles. The molecule has 2 aliphatic carbocycles. The van der Waals surface area contributed by atoms with E-state index in [0.717, 1.165) is 35.1 Å². The number of alkyl carbamates (subject to hydrolysis) is 1. The molecule has 0 radical (unpaired) electrons. The normalized spacial score (nSPS) is 16.0. The molecule has 0 heterocycles. The number of nitrogens with one attached hydrogen (secondary N) is 2. The third kappa shape index (κ3) is 5.17. The number of fused-ring (bicyclic) bond motifs is 3. The average molecular weight is 447 g/mol. The van der Waals surface area contributed by atoms with Gasteiger partial charge in [-0.2, -0.15) is 0 Å². The van der Waals surface area contributed by atoms with E-state index in [1.165, 1.54) is 0 Å². The van der Waals surface area contributed by atoms with Crippen LogP contribution in [0.2, 0.25) is 0 Å². The lowest BCUT2D eigenvalue weighted by Gasteiger charge is -2.21. The molecule has 0 spiro atoms. The van der Waals surface area contributed by atoms with Crippen LogP contribution in [-0.2, 0) is 14.3 Å². The minimum atomic E-state index is -1.10. The molecule has 2 aliphatic rings. The second-order valence-electron chi connectivity index (χ2n) is 8.51. The number of aliphatic carboxylic acids is 1. The Bertz CT molecular complexity index is 1060. The molecule has 3 N–H and O–H groups in total. The Labute approximate surface area is 192 Å². The lowest BCUT2D eigenvalue weighted by atomic mass is 9.98. The first kappa shape index (κ1) is 22.4. The number of rotatable bonds is 9. The first-order valence-corrected chi connectivity index (χ1v) is 11.1. The van der Waals surface area contributed by atoms with Crippen molar-refractivity contribution < 1.29 is 24.2 Å². The second-order valence-corrected chi connectivity index (χ2v) is 8.51. The van der Waals surface area contributed by atoms with E-state index in [9.17, 15) is 19.5 Å². The lowest BCUT2D eigenvalue weighted by Crippen LogP contribution is -2.51. The van der Waals surface area contributed by atoms with Crippen LogP contribution in [0.15, 0.2) is 48.5 Å². The fraction of sp³-hybridized carbons (Fsp3) is 0.346. The molecule has 2 aromatic carbocycles. The molecule has 7 nitrogen and oxygen atoms in total. The molecule has 4 rings (SSSR count). The van der Waals surface area contributed by atoms with Crippen molar-refractivity contribution in [2.75, 3.05) is 6.61 Å². The molecule has 7 heteroatoms. The van der Waals surface area contributed by atoms with E-state index in [2.05, 4.69) is 16.6 Å². The number of carbonyl (C=O) groups is 3. The maximum absolute atomic E-state index is 12.6. The number of hydrogen-bond donors (Lipinski definition) is 3. The van der Waals surface area contributed by atoms with Crippen molar-refractivity contribution in [2.45, 2.75) is 43.7 Å². The van der Waals surface area contributed by atoms with E-state index in [0.29, 0.717) is 12.3 Å². The Kier molecular flexibility index (Phi) is 6.64. The summed E-state index contributed by atoms with van der Waals surface area (Å²) < 4.78 is 5.48. The summed E-state index contributed by atoms with van der Waals surface area (Å²) in [7, 11) is 0. The van der Waals surface area contributed by atoms with Crippen molar-refractivity contribution in [2.24, 2.45) is 5.92 Å². The highest BCUT2D eigenvalue weighted by Gasteiger charge is 2.33. The summed E-state index contributed by atoms with van der Waals surface area (Å²) in [6, 6.07) is 13.9. The van der Waals surface area contributed by atoms with Crippen LogP contribution in [0.3, 0.4) is 0 Å². The van der Waals surface area contributed by atoms with Crippen LogP contribution in [0.1, 0.15) is 42.7 Å². The van der Waals surface area contributed by atoms with Crippen molar-refractivity contribution in [3.05, 3.63) is 59.7 Å². The van der Waals surface area contributed by atoms with Gasteiger partial charge in [-0.1, -0.05) is 61.4 Å². The zero-order valence-electron chi connectivity index (χ0n) is 18.1. The van der Waals surface area contributed by atoms with Crippen LogP contribution in [0.5, 0.6) is 0 Å². The van der Waals surface area contributed by atoms with Gasteiger partial charge in [0.1, 0.15) is 18.7 Å². The quantitative estimate of drug-likeness (QED) is 0.513. The van der Waals surface area contributed by atoms with Crippen molar-refractivity contribution in [1.29, 1.82) is 0 Å². The number of terminal acetylenes is 1.